The Labute approximate surface area is 210 Å². The highest BCUT2D eigenvalue weighted by Gasteiger charge is 2.23. The largest absolute Gasteiger partial charge is 0.454 e. The van der Waals surface area contributed by atoms with Crippen LogP contribution in [0, 0.1) is 0 Å². The molecule has 0 bridgehead atoms. The number of ether oxygens (including phenoxy) is 3. The van der Waals surface area contributed by atoms with Crippen molar-refractivity contribution in [1.29, 1.82) is 0 Å². The zero-order valence-electron chi connectivity index (χ0n) is 18.1. The third kappa shape index (κ3) is 4.53. The first-order valence-corrected chi connectivity index (χ1v) is 13.3. The molecule has 0 unspecified atom stereocenters. The van der Waals surface area contributed by atoms with Crippen LogP contribution in [0.25, 0.3) is 22.0 Å². The lowest BCUT2D eigenvalue weighted by Crippen LogP contribution is -2.16. The van der Waals surface area contributed by atoms with E-state index in [2.05, 4.69) is 20.1 Å². The van der Waals surface area contributed by atoms with Crippen molar-refractivity contribution in [2.24, 2.45) is 0 Å². The molecule has 0 N–H and O–H groups in total. The summed E-state index contributed by atoms with van der Waals surface area (Å²) in [7, 11) is 0. The zero-order chi connectivity index (χ0) is 22.9. The molecule has 174 valence electrons. The number of rotatable bonds is 7. The maximum atomic E-state index is 6.01. The minimum absolute atomic E-state index is 0.166. The molecule has 4 aromatic rings. The number of thioether (sulfide) groups is 1. The summed E-state index contributed by atoms with van der Waals surface area (Å²) >= 11 is 9.28. The molecule has 7 nitrogen and oxygen atoms in total. The van der Waals surface area contributed by atoms with Gasteiger partial charge in [0, 0.05) is 33.9 Å². The normalized spacial score (nSPS) is 16.9. The minimum atomic E-state index is 0.166. The van der Waals surface area contributed by atoms with E-state index in [1.165, 1.54) is 0 Å². The molecule has 1 atom stereocenters. The van der Waals surface area contributed by atoms with E-state index in [1.807, 2.05) is 42.5 Å². The first kappa shape index (κ1) is 21.9. The second-order valence-electron chi connectivity index (χ2n) is 8.06. The second-order valence-corrected chi connectivity index (χ2v) is 10.3. The van der Waals surface area contributed by atoms with E-state index in [0.29, 0.717) is 12.3 Å². The molecular formula is C24H21ClN4O3S2. The highest BCUT2D eigenvalue weighted by Crippen LogP contribution is 2.37. The Morgan fingerprint density at radius 1 is 1.06 bits per heavy atom. The van der Waals surface area contributed by atoms with Crippen LogP contribution < -0.4 is 9.47 Å². The van der Waals surface area contributed by atoms with Gasteiger partial charge in [0.15, 0.2) is 22.5 Å². The molecule has 0 radical (unpaired) electrons. The van der Waals surface area contributed by atoms with Crippen molar-refractivity contribution in [3.8, 4) is 33.5 Å². The van der Waals surface area contributed by atoms with Crippen molar-refractivity contribution < 1.29 is 14.2 Å². The van der Waals surface area contributed by atoms with E-state index in [4.69, 9.17) is 30.8 Å². The summed E-state index contributed by atoms with van der Waals surface area (Å²) in [6, 6.07) is 13.6. The van der Waals surface area contributed by atoms with Gasteiger partial charge in [0.25, 0.3) is 0 Å². The van der Waals surface area contributed by atoms with E-state index < -0.39 is 0 Å². The fraction of sp³-hybridized carbons (Fsp3) is 0.292. The quantitative estimate of drug-likeness (QED) is 0.284. The summed E-state index contributed by atoms with van der Waals surface area (Å²) in [5.74, 6) is 2.99. The number of benzene rings is 2. The lowest BCUT2D eigenvalue weighted by molar-refractivity contribution is 0.0953. The van der Waals surface area contributed by atoms with Crippen LogP contribution in [-0.2, 0) is 17.0 Å². The molecule has 1 saturated heterocycles. The highest BCUT2D eigenvalue weighted by atomic mass is 35.5. The van der Waals surface area contributed by atoms with Gasteiger partial charge in [-0.3, -0.25) is 4.57 Å². The predicted octanol–water partition coefficient (Wildman–Crippen LogP) is 5.92. The van der Waals surface area contributed by atoms with Crippen LogP contribution in [0.5, 0.6) is 11.5 Å². The van der Waals surface area contributed by atoms with E-state index >= 15 is 0 Å². The van der Waals surface area contributed by atoms with Gasteiger partial charge in [-0.05, 0) is 43.2 Å². The molecule has 6 rings (SSSR count). The highest BCUT2D eigenvalue weighted by molar-refractivity contribution is 7.98. The fourth-order valence-electron chi connectivity index (χ4n) is 4.04. The third-order valence-electron chi connectivity index (χ3n) is 5.75. The summed E-state index contributed by atoms with van der Waals surface area (Å²) in [6.45, 7) is 1.77. The molecule has 2 aromatic carbocycles. The number of fused-ring (bicyclic) bond motifs is 1. The Hall–Kier alpha value is -2.59. The average molecular weight is 513 g/mol. The van der Waals surface area contributed by atoms with Gasteiger partial charge >= 0.3 is 0 Å². The molecule has 0 saturated carbocycles. The summed E-state index contributed by atoms with van der Waals surface area (Å²) in [4.78, 5) is 4.80. The molecule has 2 aromatic heterocycles. The van der Waals surface area contributed by atoms with Gasteiger partial charge in [-0.1, -0.05) is 35.5 Å². The predicted molar refractivity (Wildman–Crippen MR) is 133 cm³/mol. The van der Waals surface area contributed by atoms with E-state index in [9.17, 15) is 0 Å². The Bertz CT molecular complexity index is 1300. The van der Waals surface area contributed by atoms with Crippen LogP contribution >= 0.6 is 34.7 Å². The van der Waals surface area contributed by atoms with Crippen molar-refractivity contribution in [2.75, 3.05) is 13.4 Å². The minimum Gasteiger partial charge on any atom is -0.454 e. The van der Waals surface area contributed by atoms with Crippen LogP contribution in [0.15, 0.2) is 53.0 Å². The molecule has 0 aliphatic carbocycles. The number of nitrogens with zero attached hydrogens (tertiary/aromatic N) is 4. The Morgan fingerprint density at radius 3 is 2.76 bits per heavy atom. The van der Waals surface area contributed by atoms with Crippen LogP contribution in [0.3, 0.4) is 0 Å². The van der Waals surface area contributed by atoms with Gasteiger partial charge in [0.2, 0.25) is 6.79 Å². The molecule has 10 heteroatoms. The van der Waals surface area contributed by atoms with E-state index in [1.54, 1.807) is 23.1 Å². The van der Waals surface area contributed by atoms with Crippen LogP contribution in [-0.4, -0.2) is 39.3 Å². The van der Waals surface area contributed by atoms with Gasteiger partial charge in [0.1, 0.15) is 5.01 Å². The number of hydrogen-bond acceptors (Lipinski definition) is 8. The SMILES string of the molecule is Clc1ccc(-c2nc(CSc3nnc(-c4ccc5c(c4)OCO5)n3C[C@H]3CCCO3)cs2)cc1. The molecule has 2 aliphatic heterocycles. The lowest BCUT2D eigenvalue weighted by atomic mass is 10.2. The summed E-state index contributed by atoms with van der Waals surface area (Å²) < 4.78 is 19.1. The molecule has 0 amide bonds. The smallest absolute Gasteiger partial charge is 0.231 e. The molecule has 4 heterocycles. The Balaban J connectivity index is 1.24. The summed E-state index contributed by atoms with van der Waals surface area (Å²) in [5, 5.41) is 13.7. The van der Waals surface area contributed by atoms with Gasteiger partial charge in [-0.25, -0.2) is 4.98 Å². The fourth-order valence-corrected chi connectivity index (χ4v) is 5.94. The van der Waals surface area contributed by atoms with Gasteiger partial charge < -0.3 is 14.2 Å². The van der Waals surface area contributed by atoms with Crippen molar-refractivity contribution in [2.45, 2.75) is 36.4 Å². The number of hydrogen-bond donors (Lipinski definition) is 0. The van der Waals surface area contributed by atoms with E-state index in [-0.39, 0.29) is 12.9 Å². The number of halogens is 1. The maximum absolute atomic E-state index is 6.01. The Morgan fingerprint density at radius 2 is 1.91 bits per heavy atom. The zero-order valence-corrected chi connectivity index (χ0v) is 20.5. The summed E-state index contributed by atoms with van der Waals surface area (Å²) in [6.07, 6.45) is 2.29. The average Bonchev–Trinajstić information content (AvgIpc) is 3.65. The van der Waals surface area contributed by atoms with Gasteiger partial charge in [-0.2, -0.15) is 0 Å². The first-order chi connectivity index (χ1) is 16.7. The van der Waals surface area contributed by atoms with E-state index in [0.717, 1.165) is 68.8 Å². The van der Waals surface area contributed by atoms with Gasteiger partial charge in [-0.15, -0.1) is 21.5 Å². The van der Waals surface area contributed by atoms with Crippen LogP contribution in [0.4, 0.5) is 0 Å². The topological polar surface area (TPSA) is 71.3 Å². The van der Waals surface area contributed by atoms with Crippen molar-refractivity contribution in [3.63, 3.8) is 0 Å². The lowest BCUT2D eigenvalue weighted by Gasteiger charge is -2.14. The summed E-state index contributed by atoms with van der Waals surface area (Å²) in [5.41, 5.74) is 3.02. The third-order valence-corrected chi connectivity index (χ3v) is 7.94. The maximum Gasteiger partial charge on any atom is 0.231 e. The molecule has 1 fully saturated rings. The Kier molecular flexibility index (Phi) is 6.17. The van der Waals surface area contributed by atoms with Gasteiger partial charge in [0.05, 0.1) is 18.3 Å². The number of aromatic nitrogens is 4. The monoisotopic (exact) mass is 512 g/mol. The first-order valence-electron chi connectivity index (χ1n) is 11.0. The number of thiazole rings is 1. The molecule has 34 heavy (non-hydrogen) atoms. The molecular weight excluding hydrogens is 492 g/mol. The van der Waals surface area contributed by atoms with Crippen LogP contribution in [0.1, 0.15) is 18.5 Å². The molecule has 2 aliphatic rings. The second kappa shape index (κ2) is 9.58. The van der Waals surface area contributed by atoms with Crippen molar-refractivity contribution in [1.82, 2.24) is 19.7 Å². The van der Waals surface area contributed by atoms with Crippen LogP contribution in [0.2, 0.25) is 5.02 Å². The standard InChI is InChI=1S/C24H21ClN4O3S2/c25-17-6-3-15(4-7-17)23-26-18(12-33-23)13-34-24-28-27-22(29(24)11-19-2-1-9-30-19)16-5-8-20-21(10-16)32-14-31-20/h3-8,10,12,19H,1-2,9,11,13-14H2/t19-/m1/s1. The molecule has 0 spiro atoms. The van der Waals surface area contributed by atoms with Crippen molar-refractivity contribution in [3.05, 3.63) is 58.6 Å². The van der Waals surface area contributed by atoms with Crippen molar-refractivity contribution >= 4 is 34.7 Å².